The Bertz CT molecular complexity index is 1370. The normalized spacial score (nSPS) is 17.9. The highest BCUT2D eigenvalue weighted by Gasteiger charge is 2.47. The minimum absolute atomic E-state index is 0.0228. The number of amides is 4. The summed E-state index contributed by atoms with van der Waals surface area (Å²) in [6, 6.07) is 15.9. The largest absolute Gasteiger partial charge is 0.467 e. The van der Waals surface area contributed by atoms with Crippen molar-refractivity contribution in [3.63, 3.8) is 0 Å². The maximum absolute atomic E-state index is 14.1. The molecule has 4 amide bonds. The first-order chi connectivity index (χ1) is 18.0. The zero-order valence-corrected chi connectivity index (χ0v) is 19.9. The van der Waals surface area contributed by atoms with Crippen molar-refractivity contribution in [3.05, 3.63) is 120 Å². The van der Waals surface area contributed by atoms with E-state index in [-0.39, 0.29) is 19.6 Å². The van der Waals surface area contributed by atoms with Crippen LogP contribution in [0.15, 0.2) is 101 Å². The van der Waals surface area contributed by atoms with Gasteiger partial charge in [-0.2, -0.15) is 0 Å². The van der Waals surface area contributed by atoms with Gasteiger partial charge in [0, 0.05) is 6.54 Å². The molecule has 37 heavy (non-hydrogen) atoms. The van der Waals surface area contributed by atoms with Crippen molar-refractivity contribution in [2.45, 2.75) is 18.6 Å². The van der Waals surface area contributed by atoms with Crippen molar-refractivity contribution in [3.8, 4) is 0 Å². The van der Waals surface area contributed by atoms with Gasteiger partial charge in [-0.25, -0.2) is 9.18 Å². The Morgan fingerprint density at radius 2 is 1.97 bits per heavy atom. The predicted octanol–water partition coefficient (Wildman–Crippen LogP) is 3.83. The molecule has 0 radical (unpaired) electrons. The molecule has 3 aromatic rings. The molecule has 0 bridgehead atoms. The summed E-state index contributed by atoms with van der Waals surface area (Å²) in [5.74, 6) is -0.722. The molecule has 0 unspecified atom stereocenters. The molecule has 0 saturated carbocycles. The van der Waals surface area contributed by atoms with Crippen molar-refractivity contribution in [1.29, 1.82) is 0 Å². The van der Waals surface area contributed by atoms with Gasteiger partial charge in [-0.15, -0.1) is 6.58 Å². The molecular formula is C28H25FN4O4. The first kappa shape index (κ1) is 24.1. The van der Waals surface area contributed by atoms with Crippen LogP contribution in [0.1, 0.15) is 29.0 Å². The highest BCUT2D eigenvalue weighted by Crippen LogP contribution is 2.39. The summed E-state index contributed by atoms with van der Waals surface area (Å²) in [5, 5.41) is 5.67. The number of urea groups is 1. The SMILES string of the molecule is C=CCN1C(=O)N[C@H](c2cccc(F)c2)C2=C1CN([C@H](C(=O)NCc1ccco1)c1ccccc1)C2=O. The number of carbonyl (C=O) groups excluding carboxylic acids is 3. The topological polar surface area (TPSA) is 94.9 Å². The summed E-state index contributed by atoms with van der Waals surface area (Å²) in [6.07, 6.45) is 3.08. The molecule has 3 heterocycles. The number of carbonyl (C=O) groups is 3. The number of hydrogen-bond donors (Lipinski definition) is 2. The van der Waals surface area contributed by atoms with Crippen molar-refractivity contribution >= 4 is 17.8 Å². The molecule has 8 nitrogen and oxygen atoms in total. The fourth-order valence-corrected chi connectivity index (χ4v) is 4.77. The van der Waals surface area contributed by atoms with Gasteiger partial charge in [-0.3, -0.25) is 14.5 Å². The van der Waals surface area contributed by atoms with Gasteiger partial charge >= 0.3 is 6.03 Å². The van der Waals surface area contributed by atoms with Gasteiger partial charge in [0.2, 0.25) is 5.91 Å². The zero-order valence-electron chi connectivity index (χ0n) is 19.9. The van der Waals surface area contributed by atoms with E-state index in [1.165, 1.54) is 34.3 Å². The Hall–Kier alpha value is -4.66. The number of nitrogens with zero attached hydrogens (tertiary/aromatic N) is 2. The van der Waals surface area contributed by atoms with E-state index in [4.69, 9.17) is 4.42 Å². The summed E-state index contributed by atoms with van der Waals surface area (Å²) in [4.78, 5) is 43.4. The van der Waals surface area contributed by atoms with Crippen LogP contribution >= 0.6 is 0 Å². The average Bonchev–Trinajstić information content (AvgIpc) is 3.54. The van der Waals surface area contributed by atoms with E-state index in [2.05, 4.69) is 17.2 Å². The molecule has 2 aromatic carbocycles. The molecule has 0 fully saturated rings. The van der Waals surface area contributed by atoms with E-state index in [0.717, 1.165) is 0 Å². The Balaban J connectivity index is 1.53. The van der Waals surface area contributed by atoms with Gasteiger partial charge < -0.3 is 20.0 Å². The second-order valence-corrected chi connectivity index (χ2v) is 8.74. The molecule has 1 aromatic heterocycles. The lowest BCUT2D eigenvalue weighted by atomic mass is 9.95. The van der Waals surface area contributed by atoms with Gasteiger partial charge in [0.15, 0.2) is 0 Å². The lowest BCUT2D eigenvalue weighted by molar-refractivity contribution is -0.136. The van der Waals surface area contributed by atoms with E-state index in [0.29, 0.717) is 28.2 Å². The van der Waals surface area contributed by atoms with Gasteiger partial charge in [-0.05, 0) is 35.4 Å². The molecular weight excluding hydrogens is 475 g/mol. The van der Waals surface area contributed by atoms with E-state index >= 15 is 0 Å². The van der Waals surface area contributed by atoms with Gasteiger partial charge in [0.05, 0.1) is 36.7 Å². The third kappa shape index (κ3) is 4.63. The highest BCUT2D eigenvalue weighted by atomic mass is 19.1. The van der Waals surface area contributed by atoms with Crippen LogP contribution < -0.4 is 10.6 Å². The number of furan rings is 1. The standard InChI is InChI=1S/C28H25FN4O4/c1-2-13-32-22-17-33(27(35)23(22)24(31-28(32)36)19-10-6-11-20(29)15-19)25(18-8-4-3-5-9-18)26(34)30-16-21-12-7-14-37-21/h2-12,14-15,24-25H,1,13,16-17H2,(H,30,34)(H,31,36)/t24-,25+/m1/s1. The van der Waals surface area contributed by atoms with E-state index in [1.54, 1.807) is 48.5 Å². The fraction of sp³-hybridized carbons (Fsp3) is 0.179. The summed E-state index contributed by atoms with van der Waals surface area (Å²) < 4.78 is 19.4. The van der Waals surface area contributed by atoms with Crippen molar-refractivity contribution in [2.24, 2.45) is 0 Å². The van der Waals surface area contributed by atoms with Crippen LogP contribution in [0.5, 0.6) is 0 Å². The molecule has 0 spiro atoms. The minimum atomic E-state index is -0.969. The van der Waals surface area contributed by atoms with Crippen molar-refractivity contribution in [1.82, 2.24) is 20.4 Å². The lowest BCUT2D eigenvalue weighted by Crippen LogP contribution is -2.47. The fourth-order valence-electron chi connectivity index (χ4n) is 4.77. The minimum Gasteiger partial charge on any atom is -0.467 e. The smallest absolute Gasteiger partial charge is 0.322 e. The second kappa shape index (κ2) is 10.1. The number of benzene rings is 2. The van der Waals surface area contributed by atoms with Crippen molar-refractivity contribution < 1.29 is 23.2 Å². The van der Waals surface area contributed by atoms with Gasteiger partial charge in [0.1, 0.15) is 17.6 Å². The molecule has 188 valence electrons. The third-order valence-electron chi connectivity index (χ3n) is 6.44. The van der Waals surface area contributed by atoms with Crippen LogP contribution in [-0.4, -0.2) is 40.7 Å². The lowest BCUT2D eigenvalue weighted by Gasteiger charge is -2.33. The number of rotatable bonds is 8. The second-order valence-electron chi connectivity index (χ2n) is 8.74. The summed E-state index contributed by atoms with van der Waals surface area (Å²) in [6.45, 7) is 4.07. The predicted molar refractivity (Wildman–Crippen MR) is 133 cm³/mol. The van der Waals surface area contributed by atoms with Gasteiger partial charge in [-0.1, -0.05) is 48.5 Å². The first-order valence-electron chi connectivity index (χ1n) is 11.8. The summed E-state index contributed by atoms with van der Waals surface area (Å²) in [7, 11) is 0. The van der Waals surface area contributed by atoms with E-state index < -0.39 is 35.7 Å². The summed E-state index contributed by atoms with van der Waals surface area (Å²) in [5.41, 5.74) is 1.81. The number of halogens is 1. The molecule has 9 heteroatoms. The van der Waals surface area contributed by atoms with Gasteiger partial charge in [0.25, 0.3) is 5.91 Å². The quantitative estimate of drug-likeness (QED) is 0.460. The monoisotopic (exact) mass is 500 g/mol. The molecule has 0 aliphatic carbocycles. The Labute approximate surface area is 213 Å². The van der Waals surface area contributed by atoms with Crippen LogP contribution in [0.3, 0.4) is 0 Å². The van der Waals surface area contributed by atoms with Crippen LogP contribution in [0.25, 0.3) is 0 Å². The number of hydrogen-bond acceptors (Lipinski definition) is 4. The molecule has 2 atom stereocenters. The molecule has 2 aliphatic rings. The first-order valence-corrected chi connectivity index (χ1v) is 11.8. The Morgan fingerprint density at radius 1 is 1.16 bits per heavy atom. The maximum Gasteiger partial charge on any atom is 0.322 e. The van der Waals surface area contributed by atoms with E-state index in [1.807, 2.05) is 6.07 Å². The van der Waals surface area contributed by atoms with Crippen LogP contribution in [0.4, 0.5) is 9.18 Å². The van der Waals surface area contributed by atoms with E-state index in [9.17, 15) is 18.8 Å². The Kier molecular flexibility index (Phi) is 6.59. The zero-order chi connectivity index (χ0) is 25.9. The molecule has 2 N–H and O–H groups in total. The van der Waals surface area contributed by atoms with Crippen LogP contribution in [-0.2, 0) is 16.1 Å². The third-order valence-corrected chi connectivity index (χ3v) is 6.44. The molecule has 0 saturated heterocycles. The van der Waals surface area contributed by atoms with Crippen LogP contribution in [0.2, 0.25) is 0 Å². The van der Waals surface area contributed by atoms with Crippen LogP contribution in [0, 0.1) is 5.82 Å². The highest BCUT2D eigenvalue weighted by molar-refractivity contribution is 6.03. The average molecular weight is 501 g/mol. The summed E-state index contributed by atoms with van der Waals surface area (Å²) >= 11 is 0. The molecule has 2 aliphatic heterocycles. The van der Waals surface area contributed by atoms with Crippen molar-refractivity contribution in [2.75, 3.05) is 13.1 Å². The Morgan fingerprint density at radius 3 is 2.68 bits per heavy atom. The number of nitrogens with one attached hydrogen (secondary N) is 2. The maximum atomic E-state index is 14.1. The molecule has 5 rings (SSSR count).